The first-order valence-electron chi connectivity index (χ1n) is 5.60. The van der Waals surface area contributed by atoms with Crippen LogP contribution in [0, 0.1) is 0 Å². The van der Waals surface area contributed by atoms with Gasteiger partial charge in [0.25, 0.3) is 11.9 Å². The summed E-state index contributed by atoms with van der Waals surface area (Å²) < 4.78 is 0. The smallest absolute Gasteiger partial charge is 0.585 e. The van der Waals surface area contributed by atoms with Gasteiger partial charge in [-0.1, -0.05) is 12.5 Å². The minimum atomic E-state index is -0.883. The first-order valence-corrected chi connectivity index (χ1v) is 5.60. The van der Waals surface area contributed by atoms with E-state index < -0.39 is 24.0 Å². The Morgan fingerprint density at radius 1 is 1.10 bits per heavy atom. The predicted molar refractivity (Wildman–Crippen MR) is 73.4 cm³/mol. The molecule has 0 aliphatic carbocycles. The molecule has 10 N–H and O–H groups in total. The van der Waals surface area contributed by atoms with Gasteiger partial charge in [0.05, 0.1) is 0 Å². The van der Waals surface area contributed by atoms with Gasteiger partial charge in [-0.3, -0.25) is 9.59 Å². The van der Waals surface area contributed by atoms with Gasteiger partial charge in [-0.05, 0) is 37.7 Å². The van der Waals surface area contributed by atoms with Crippen molar-refractivity contribution < 1.29 is 50.2 Å². The van der Waals surface area contributed by atoms with Crippen molar-refractivity contribution in [3.05, 3.63) is 23.1 Å². The van der Waals surface area contributed by atoms with Crippen molar-refractivity contribution in [2.24, 2.45) is 0 Å². The third kappa shape index (κ3) is 10.3. The van der Waals surface area contributed by atoms with Crippen LogP contribution in [0.25, 0.3) is 10.9 Å². The van der Waals surface area contributed by atoms with Gasteiger partial charge < -0.3 is 42.9 Å². The molecule has 0 aromatic carbocycles. The van der Waals surface area contributed by atoms with Crippen LogP contribution in [0.2, 0.25) is 0 Å². The molecule has 2 atom stereocenters. The maximum absolute atomic E-state index is 10.2. The van der Waals surface area contributed by atoms with Gasteiger partial charge in [-0.2, -0.15) is 0 Å². The van der Waals surface area contributed by atoms with Crippen molar-refractivity contribution in [3.63, 3.8) is 0 Å². The van der Waals surface area contributed by atoms with Crippen LogP contribution in [0.4, 0.5) is 0 Å². The number of carboxylic acid groups (broad SMARTS) is 2. The van der Waals surface area contributed by atoms with E-state index in [0.29, 0.717) is 12.8 Å². The second-order valence-electron chi connectivity index (χ2n) is 3.78. The second kappa shape index (κ2) is 13.9. The first kappa shape index (κ1) is 24.9. The van der Waals surface area contributed by atoms with E-state index in [9.17, 15) is 9.59 Å². The van der Waals surface area contributed by atoms with Crippen molar-refractivity contribution in [1.29, 1.82) is 0 Å². The Bertz CT molecular complexity index is 325. The molecule has 2 aliphatic rings. The van der Waals surface area contributed by atoms with E-state index in [-0.39, 0.29) is 30.4 Å². The van der Waals surface area contributed by atoms with E-state index in [1.54, 1.807) is 12.3 Å². The molecular weight excluding hydrogens is 338 g/mol. The summed E-state index contributed by atoms with van der Waals surface area (Å²) >= 11 is 0. The largest absolute Gasteiger partial charge is 2.00 e. The normalized spacial score (nSPS) is 22.7. The number of aliphatic carboxylic acids is 2. The van der Waals surface area contributed by atoms with Crippen LogP contribution < -0.4 is 10.9 Å². The van der Waals surface area contributed by atoms with Crippen molar-refractivity contribution in [3.8, 4) is 0 Å². The van der Waals surface area contributed by atoms with Crippen molar-refractivity contribution in [2.75, 3.05) is 6.54 Å². The molecule has 0 bridgehead atoms. The Kier molecular flexibility index (Phi) is 16.4. The average molecular weight is 360 g/mol. The molecule has 0 spiro atoms. The molecular formula is C10H22N4O6Zn+2. The maximum Gasteiger partial charge on any atom is 2.00 e. The van der Waals surface area contributed by atoms with Gasteiger partial charge in [0, 0.05) is 0 Å². The average Bonchev–Trinajstić information content (AvgIpc) is 2.41. The van der Waals surface area contributed by atoms with Gasteiger partial charge in [0.1, 0.15) is 0 Å². The number of nitrogens with zero attached hydrogens (tertiary/aromatic N) is 2. The Morgan fingerprint density at radius 2 is 1.71 bits per heavy atom. The Labute approximate surface area is 134 Å². The Morgan fingerprint density at radius 3 is 2.00 bits per heavy atom. The van der Waals surface area contributed by atoms with Crippen LogP contribution in [0.15, 0.2) is 12.3 Å². The zero-order valence-corrected chi connectivity index (χ0v) is 14.6. The van der Waals surface area contributed by atoms with E-state index >= 15 is 0 Å². The molecule has 1 saturated heterocycles. The quantitative estimate of drug-likeness (QED) is 0.342. The monoisotopic (exact) mass is 358 g/mol. The molecule has 2 unspecified atom stereocenters. The molecule has 0 radical (unpaired) electrons. The molecule has 0 saturated carbocycles. The summed E-state index contributed by atoms with van der Waals surface area (Å²) in [6.45, 7) is 0.809. The minimum absolute atomic E-state index is 0. The van der Waals surface area contributed by atoms with Crippen LogP contribution in [0.3, 0.4) is 0 Å². The van der Waals surface area contributed by atoms with Crippen LogP contribution >= 0.6 is 0 Å². The summed E-state index contributed by atoms with van der Waals surface area (Å²) in [7, 11) is 0. The molecule has 2 aliphatic heterocycles. The van der Waals surface area contributed by atoms with E-state index in [1.807, 2.05) is 0 Å². The number of rotatable bonds is 2. The molecule has 0 aromatic rings. The molecule has 21 heavy (non-hydrogen) atoms. The fourth-order valence-corrected chi connectivity index (χ4v) is 1.38. The summed E-state index contributed by atoms with van der Waals surface area (Å²) in [6, 6.07) is -1.12. The summed E-state index contributed by atoms with van der Waals surface area (Å²) in [5.74, 6) is -1.71. The molecule has 2 heterocycles. The van der Waals surface area contributed by atoms with Gasteiger partial charge >= 0.3 is 19.5 Å². The molecule has 0 aromatic heterocycles. The second-order valence-corrected chi connectivity index (χ2v) is 3.78. The van der Waals surface area contributed by atoms with Crippen LogP contribution in [-0.4, -0.2) is 40.8 Å². The van der Waals surface area contributed by atoms with Crippen LogP contribution in [0.5, 0.6) is 0 Å². The number of hydrogen-bond acceptors (Lipinski definition) is 4. The van der Waals surface area contributed by atoms with E-state index in [0.717, 1.165) is 13.0 Å². The third-order valence-electron chi connectivity index (χ3n) is 2.37. The molecule has 1 fully saturated rings. The predicted octanol–water partition coefficient (Wildman–Crippen LogP) is -1.50. The summed E-state index contributed by atoms with van der Waals surface area (Å²) in [5, 5.41) is 16.8. The topological polar surface area (TPSA) is 193 Å². The summed E-state index contributed by atoms with van der Waals surface area (Å²) in [6.07, 6.45) is 5.43. The van der Waals surface area contributed by atoms with Crippen LogP contribution in [-0.2, 0) is 40.0 Å². The maximum atomic E-state index is 10.2. The van der Waals surface area contributed by atoms with Crippen molar-refractivity contribution in [2.45, 2.75) is 31.3 Å². The number of carbonyl (C=O) groups is 2. The number of carboxylic acids is 2. The summed E-state index contributed by atoms with van der Waals surface area (Å²) in [4.78, 5) is 20.4. The molecule has 0 amide bonds. The van der Waals surface area contributed by atoms with Gasteiger partial charge in [0.15, 0.2) is 0 Å². The van der Waals surface area contributed by atoms with Gasteiger partial charge in [-0.15, -0.1) is 0 Å². The van der Waals surface area contributed by atoms with E-state index in [1.165, 1.54) is 0 Å². The molecule has 118 valence electrons. The van der Waals surface area contributed by atoms with E-state index in [2.05, 4.69) is 21.7 Å². The van der Waals surface area contributed by atoms with E-state index in [4.69, 9.17) is 10.2 Å². The summed E-state index contributed by atoms with van der Waals surface area (Å²) in [5.41, 5.74) is 12.4. The minimum Gasteiger partial charge on any atom is -0.585 e. The van der Waals surface area contributed by atoms with Crippen molar-refractivity contribution >= 4 is 11.9 Å². The fraction of sp³-hybridized carbons (Fsp3) is 0.600. The fourth-order valence-electron chi connectivity index (χ4n) is 1.38. The van der Waals surface area contributed by atoms with Gasteiger partial charge in [-0.25, -0.2) is 0 Å². The van der Waals surface area contributed by atoms with Crippen molar-refractivity contribution in [1.82, 2.24) is 10.9 Å². The SMILES string of the molecule is O=C(O)C1CC=CN[N-]1.O=C(O)C1CCCN[N-]1.[OH3+].[OH3+].[Zn+2]. The first-order chi connectivity index (χ1) is 8.61. The molecule has 10 nitrogen and oxygen atoms in total. The molecule has 11 heteroatoms. The standard InChI is InChI=1S/C5H9N2O2.C5H7N2O2.2H2O.Zn/c2*8-5(9)4-2-1-3-6-7-4;;;/h4,6H,1-3H2,(H,8,9);1,3-4,6H,2H2,(H,8,9);2*1H2;/q2*-1;;;+2/p+2. The third-order valence-corrected chi connectivity index (χ3v) is 2.37. The number of nitrogens with one attached hydrogen (secondary N) is 2. The molecule has 2 rings (SSSR count). The Hall–Kier alpha value is -1.10. The number of hydrogen-bond donors (Lipinski definition) is 4. The Balaban J connectivity index is -0.000000270. The van der Waals surface area contributed by atoms with Crippen LogP contribution in [0.1, 0.15) is 19.3 Å². The zero-order valence-electron chi connectivity index (χ0n) is 11.6. The van der Waals surface area contributed by atoms with Gasteiger partial charge in [0.2, 0.25) is 0 Å². The zero-order chi connectivity index (χ0) is 13.4.